The number of nitrogens with zero attached hydrogens (tertiary/aromatic N) is 1. The Morgan fingerprint density at radius 1 is 1.05 bits per heavy atom. The van der Waals surface area contributed by atoms with Crippen molar-refractivity contribution < 1.29 is 4.74 Å². The quantitative estimate of drug-likeness (QED) is 0.858. The predicted octanol–water partition coefficient (Wildman–Crippen LogP) is 2.55. The van der Waals surface area contributed by atoms with Gasteiger partial charge in [-0.2, -0.15) is 0 Å². The van der Waals surface area contributed by atoms with E-state index in [1.165, 1.54) is 84.0 Å². The lowest BCUT2D eigenvalue weighted by atomic mass is 9.83. The van der Waals surface area contributed by atoms with Gasteiger partial charge in [-0.15, -0.1) is 0 Å². The second-order valence-corrected chi connectivity index (χ2v) is 7.63. The lowest BCUT2D eigenvalue weighted by Crippen LogP contribution is -2.54. The van der Waals surface area contributed by atoms with Crippen LogP contribution in [0.15, 0.2) is 0 Å². The van der Waals surface area contributed by atoms with Crippen LogP contribution >= 0.6 is 0 Å². The van der Waals surface area contributed by atoms with E-state index in [0.29, 0.717) is 11.7 Å². The monoisotopic (exact) mass is 278 g/mol. The molecule has 0 amide bonds. The van der Waals surface area contributed by atoms with Crippen LogP contribution in [0.3, 0.4) is 0 Å². The molecule has 2 atom stereocenters. The Balaban J connectivity index is 1.34. The van der Waals surface area contributed by atoms with Crippen molar-refractivity contribution in [3.63, 3.8) is 0 Å². The van der Waals surface area contributed by atoms with E-state index < -0.39 is 0 Å². The third kappa shape index (κ3) is 2.77. The van der Waals surface area contributed by atoms with Gasteiger partial charge in [0.15, 0.2) is 0 Å². The Kier molecular flexibility index (Phi) is 3.78. The van der Waals surface area contributed by atoms with Crippen molar-refractivity contribution in [3.8, 4) is 0 Å². The maximum atomic E-state index is 6.58. The van der Waals surface area contributed by atoms with Crippen molar-refractivity contribution in [2.24, 2.45) is 5.92 Å². The van der Waals surface area contributed by atoms with Gasteiger partial charge in [-0.25, -0.2) is 0 Å². The summed E-state index contributed by atoms with van der Waals surface area (Å²) >= 11 is 0. The molecule has 114 valence electrons. The van der Waals surface area contributed by atoms with Gasteiger partial charge in [0.1, 0.15) is 0 Å². The van der Waals surface area contributed by atoms with E-state index in [2.05, 4.69) is 10.2 Å². The van der Waals surface area contributed by atoms with E-state index >= 15 is 0 Å². The van der Waals surface area contributed by atoms with Gasteiger partial charge >= 0.3 is 0 Å². The summed E-state index contributed by atoms with van der Waals surface area (Å²) in [6.07, 6.45) is 12.9. The van der Waals surface area contributed by atoms with Crippen LogP contribution in [0.5, 0.6) is 0 Å². The van der Waals surface area contributed by atoms with E-state index in [1.807, 2.05) is 0 Å². The van der Waals surface area contributed by atoms with E-state index in [9.17, 15) is 0 Å². The number of rotatable bonds is 3. The second-order valence-electron chi connectivity index (χ2n) is 7.63. The molecule has 2 aliphatic carbocycles. The number of piperazine rings is 1. The zero-order valence-corrected chi connectivity index (χ0v) is 12.8. The maximum absolute atomic E-state index is 6.58. The third-order valence-corrected chi connectivity index (χ3v) is 6.11. The minimum absolute atomic E-state index is 0.298. The Hall–Kier alpha value is -0.120. The average Bonchev–Trinajstić information content (AvgIpc) is 3.25. The van der Waals surface area contributed by atoms with Gasteiger partial charge in [-0.3, -0.25) is 4.90 Å². The van der Waals surface area contributed by atoms with Crippen molar-refractivity contribution in [1.29, 1.82) is 0 Å². The van der Waals surface area contributed by atoms with Crippen molar-refractivity contribution in [3.05, 3.63) is 0 Å². The Bertz CT molecular complexity index is 336. The third-order valence-electron chi connectivity index (χ3n) is 6.11. The molecule has 4 rings (SSSR count). The second kappa shape index (κ2) is 5.58. The molecule has 2 heterocycles. The fraction of sp³-hybridized carbons (Fsp3) is 1.00. The highest BCUT2D eigenvalue weighted by Crippen LogP contribution is 2.42. The Morgan fingerprint density at radius 2 is 1.90 bits per heavy atom. The molecule has 0 radical (unpaired) electrons. The first-order valence-electron chi connectivity index (χ1n) is 8.97. The van der Waals surface area contributed by atoms with Crippen LogP contribution in [-0.4, -0.2) is 48.8 Å². The van der Waals surface area contributed by atoms with Crippen molar-refractivity contribution >= 4 is 0 Å². The van der Waals surface area contributed by atoms with Crippen LogP contribution < -0.4 is 5.32 Å². The lowest BCUT2D eigenvalue weighted by Gasteiger charge is -2.39. The number of hydrogen-bond donors (Lipinski definition) is 1. The minimum atomic E-state index is 0.298. The van der Waals surface area contributed by atoms with Crippen molar-refractivity contribution in [2.75, 3.05) is 26.2 Å². The number of ether oxygens (including phenoxy) is 1. The SMILES string of the molecule is C1CCC2(CC1)CCC(CN1CCNCC1C1CC1)O2. The summed E-state index contributed by atoms with van der Waals surface area (Å²) in [5.74, 6) is 0.979. The fourth-order valence-corrected chi connectivity index (χ4v) is 4.79. The molecule has 3 heteroatoms. The first kappa shape index (κ1) is 13.5. The number of nitrogens with one attached hydrogen (secondary N) is 1. The molecule has 3 nitrogen and oxygen atoms in total. The average molecular weight is 278 g/mol. The highest BCUT2D eigenvalue weighted by molar-refractivity contribution is 4.96. The maximum Gasteiger partial charge on any atom is 0.0710 e. The molecule has 2 aliphatic heterocycles. The molecule has 0 bridgehead atoms. The molecule has 2 saturated carbocycles. The summed E-state index contributed by atoms with van der Waals surface area (Å²) in [5, 5.41) is 3.59. The molecule has 20 heavy (non-hydrogen) atoms. The summed E-state index contributed by atoms with van der Waals surface area (Å²) in [6.45, 7) is 4.81. The summed E-state index contributed by atoms with van der Waals surface area (Å²) in [5.41, 5.74) is 0.298. The normalized spacial score (nSPS) is 38.4. The molecule has 1 spiro atoms. The zero-order valence-electron chi connectivity index (χ0n) is 12.8. The molecule has 0 aromatic carbocycles. The highest BCUT2D eigenvalue weighted by atomic mass is 16.5. The Morgan fingerprint density at radius 3 is 2.70 bits per heavy atom. The standard InChI is InChI=1S/C17H30N2O/c1-2-7-17(8-3-1)9-6-15(20-17)13-19-11-10-18-12-16(19)14-4-5-14/h14-16,18H,1-13H2. The van der Waals surface area contributed by atoms with Gasteiger partial charge in [0.25, 0.3) is 0 Å². The van der Waals surface area contributed by atoms with Gasteiger partial charge in [0.05, 0.1) is 11.7 Å². The molecular weight excluding hydrogens is 248 g/mol. The van der Waals surface area contributed by atoms with Gasteiger partial charge in [0.2, 0.25) is 0 Å². The van der Waals surface area contributed by atoms with E-state index in [4.69, 9.17) is 4.74 Å². The molecular formula is C17H30N2O. The van der Waals surface area contributed by atoms with Crippen LogP contribution in [0.1, 0.15) is 57.8 Å². The zero-order chi connectivity index (χ0) is 13.4. The molecule has 0 aromatic rings. The summed E-state index contributed by atoms with van der Waals surface area (Å²) in [6, 6.07) is 0.801. The van der Waals surface area contributed by atoms with Crippen molar-refractivity contribution in [1.82, 2.24) is 10.2 Å². The largest absolute Gasteiger partial charge is 0.370 e. The first-order chi connectivity index (χ1) is 9.85. The van der Waals surface area contributed by atoms with Gasteiger partial charge in [-0.1, -0.05) is 19.3 Å². The van der Waals surface area contributed by atoms with Crippen LogP contribution in [0.2, 0.25) is 0 Å². The topological polar surface area (TPSA) is 24.5 Å². The van der Waals surface area contributed by atoms with Crippen LogP contribution in [0, 0.1) is 5.92 Å². The van der Waals surface area contributed by atoms with Gasteiger partial charge < -0.3 is 10.1 Å². The minimum Gasteiger partial charge on any atom is -0.370 e. The van der Waals surface area contributed by atoms with Crippen LogP contribution in [0.25, 0.3) is 0 Å². The lowest BCUT2D eigenvalue weighted by molar-refractivity contribution is -0.0766. The first-order valence-corrected chi connectivity index (χ1v) is 8.97. The summed E-state index contributed by atoms with van der Waals surface area (Å²) < 4.78 is 6.58. The van der Waals surface area contributed by atoms with Gasteiger partial charge in [-0.05, 0) is 44.4 Å². The smallest absolute Gasteiger partial charge is 0.0710 e. The summed E-state index contributed by atoms with van der Waals surface area (Å²) in [4.78, 5) is 2.75. The van der Waals surface area contributed by atoms with Crippen LogP contribution in [0.4, 0.5) is 0 Å². The Labute approximate surface area is 123 Å². The van der Waals surface area contributed by atoms with Crippen molar-refractivity contribution in [2.45, 2.75) is 75.5 Å². The highest BCUT2D eigenvalue weighted by Gasteiger charge is 2.43. The van der Waals surface area contributed by atoms with E-state index in [0.717, 1.165) is 12.0 Å². The van der Waals surface area contributed by atoms with Gasteiger partial charge in [0, 0.05) is 32.2 Å². The molecule has 4 fully saturated rings. The molecule has 2 unspecified atom stereocenters. The molecule has 0 aromatic heterocycles. The summed E-state index contributed by atoms with van der Waals surface area (Å²) in [7, 11) is 0. The predicted molar refractivity (Wildman–Crippen MR) is 80.9 cm³/mol. The fourth-order valence-electron chi connectivity index (χ4n) is 4.79. The van der Waals surface area contributed by atoms with E-state index in [1.54, 1.807) is 0 Å². The molecule has 1 N–H and O–H groups in total. The molecule has 2 saturated heterocycles. The molecule has 4 aliphatic rings. The van der Waals surface area contributed by atoms with E-state index in [-0.39, 0.29) is 0 Å². The van der Waals surface area contributed by atoms with Crippen LogP contribution in [-0.2, 0) is 4.74 Å². The number of hydrogen-bond acceptors (Lipinski definition) is 3.